The van der Waals surface area contributed by atoms with E-state index in [-0.39, 0.29) is 5.69 Å². The second-order valence-corrected chi connectivity index (χ2v) is 5.08. The van der Waals surface area contributed by atoms with Crippen LogP contribution in [0.25, 0.3) is 0 Å². The van der Waals surface area contributed by atoms with E-state index in [1.165, 1.54) is 19.1 Å². The van der Waals surface area contributed by atoms with Crippen LogP contribution in [-0.4, -0.2) is 14.8 Å². The van der Waals surface area contributed by atoms with Crippen molar-refractivity contribution in [2.75, 3.05) is 5.32 Å². The first-order valence-corrected chi connectivity index (χ1v) is 6.75. The molecule has 0 fully saturated rings. The number of rotatable bonds is 3. The van der Waals surface area contributed by atoms with Crippen LogP contribution in [0.15, 0.2) is 12.1 Å². The fourth-order valence-electron chi connectivity index (χ4n) is 2.46. The van der Waals surface area contributed by atoms with Gasteiger partial charge < -0.3 is 9.88 Å². The predicted octanol–water partition coefficient (Wildman–Crippen LogP) is 2.81. The van der Waals surface area contributed by atoms with Crippen molar-refractivity contribution < 1.29 is 8.78 Å². The summed E-state index contributed by atoms with van der Waals surface area (Å²) in [6.07, 6.45) is 3.16. The van der Waals surface area contributed by atoms with Crippen LogP contribution in [0.5, 0.6) is 0 Å². The Hall–Kier alpha value is -1.98. The number of fused-ring (bicyclic) bond motifs is 1. The molecular weight excluding hydrogens is 262 g/mol. The van der Waals surface area contributed by atoms with E-state index in [1.807, 2.05) is 0 Å². The van der Waals surface area contributed by atoms with Crippen molar-refractivity contribution in [2.45, 2.75) is 39.3 Å². The average Bonchev–Trinajstić information content (AvgIpc) is 2.85. The van der Waals surface area contributed by atoms with Crippen LogP contribution in [0.3, 0.4) is 0 Å². The largest absolute Gasteiger partial charge is 0.375 e. The quantitative estimate of drug-likeness (QED) is 0.938. The van der Waals surface area contributed by atoms with Gasteiger partial charge in [-0.2, -0.15) is 0 Å². The molecule has 4 nitrogen and oxygen atoms in total. The molecule has 20 heavy (non-hydrogen) atoms. The zero-order valence-electron chi connectivity index (χ0n) is 11.3. The second kappa shape index (κ2) is 5.19. The van der Waals surface area contributed by atoms with E-state index < -0.39 is 11.6 Å². The molecule has 0 bridgehead atoms. The number of halogens is 2. The highest BCUT2D eigenvalue weighted by molar-refractivity contribution is 5.46. The van der Waals surface area contributed by atoms with Gasteiger partial charge in [-0.05, 0) is 31.4 Å². The highest BCUT2D eigenvalue weighted by atomic mass is 19.1. The fraction of sp³-hybridized carbons (Fsp3) is 0.429. The summed E-state index contributed by atoms with van der Waals surface area (Å²) in [6.45, 7) is 2.77. The maximum atomic E-state index is 13.7. The number of nitrogens with zero attached hydrogens (tertiary/aromatic N) is 3. The van der Waals surface area contributed by atoms with Crippen molar-refractivity contribution in [3.05, 3.63) is 41.0 Å². The Morgan fingerprint density at radius 2 is 2.05 bits per heavy atom. The molecule has 2 heterocycles. The van der Waals surface area contributed by atoms with E-state index in [1.54, 1.807) is 0 Å². The molecule has 0 spiro atoms. The van der Waals surface area contributed by atoms with Crippen LogP contribution >= 0.6 is 0 Å². The molecule has 0 saturated heterocycles. The lowest BCUT2D eigenvalue weighted by atomic mass is 10.1. The maximum Gasteiger partial charge on any atom is 0.152 e. The van der Waals surface area contributed by atoms with Gasteiger partial charge in [0.2, 0.25) is 0 Å². The summed E-state index contributed by atoms with van der Waals surface area (Å²) in [6, 6.07) is 2.37. The number of aryl methyl sites for hydroxylation is 2. The highest BCUT2D eigenvalue weighted by Crippen LogP contribution is 2.20. The second-order valence-electron chi connectivity index (χ2n) is 5.08. The van der Waals surface area contributed by atoms with E-state index in [0.717, 1.165) is 37.5 Å². The van der Waals surface area contributed by atoms with Crippen LogP contribution in [0.1, 0.15) is 30.1 Å². The smallest absolute Gasteiger partial charge is 0.152 e. The lowest BCUT2D eigenvalue weighted by molar-refractivity contribution is 0.509. The Labute approximate surface area is 115 Å². The van der Waals surface area contributed by atoms with Gasteiger partial charge in [-0.1, -0.05) is 0 Å². The molecule has 0 unspecified atom stereocenters. The van der Waals surface area contributed by atoms with Gasteiger partial charge in [0.25, 0.3) is 0 Å². The van der Waals surface area contributed by atoms with Crippen molar-refractivity contribution in [1.82, 2.24) is 14.8 Å². The molecule has 2 aromatic rings. The first kappa shape index (κ1) is 13.0. The first-order valence-electron chi connectivity index (χ1n) is 6.75. The van der Waals surface area contributed by atoms with Crippen molar-refractivity contribution in [3.63, 3.8) is 0 Å². The van der Waals surface area contributed by atoms with Gasteiger partial charge in [0.05, 0.1) is 12.2 Å². The van der Waals surface area contributed by atoms with Gasteiger partial charge in [0, 0.05) is 19.0 Å². The van der Waals surface area contributed by atoms with E-state index in [9.17, 15) is 8.78 Å². The summed E-state index contributed by atoms with van der Waals surface area (Å²) >= 11 is 0. The van der Waals surface area contributed by atoms with Crippen molar-refractivity contribution in [1.29, 1.82) is 0 Å². The number of anilines is 1. The Morgan fingerprint density at radius 1 is 1.20 bits per heavy atom. The molecule has 1 aromatic heterocycles. The van der Waals surface area contributed by atoms with Crippen LogP contribution in [0.4, 0.5) is 14.5 Å². The van der Waals surface area contributed by atoms with Gasteiger partial charge in [-0.25, -0.2) is 8.78 Å². The SMILES string of the molecule is Cc1cc(F)c(NCc2nnc3n2CCCC3)cc1F. The van der Waals surface area contributed by atoms with Crippen molar-refractivity contribution in [3.8, 4) is 0 Å². The topological polar surface area (TPSA) is 42.7 Å². The third kappa shape index (κ3) is 2.37. The molecular formula is C14H16F2N4. The van der Waals surface area contributed by atoms with Gasteiger partial charge in [0.1, 0.15) is 17.5 Å². The summed E-state index contributed by atoms with van der Waals surface area (Å²) in [5, 5.41) is 11.1. The standard InChI is InChI=1S/C14H16F2N4/c1-9-6-11(16)12(7-10(9)15)17-8-14-19-18-13-4-2-3-5-20(13)14/h6-7,17H,2-5,8H2,1H3. The number of benzene rings is 1. The van der Waals surface area contributed by atoms with Gasteiger partial charge >= 0.3 is 0 Å². The predicted molar refractivity (Wildman–Crippen MR) is 71.4 cm³/mol. The number of hydrogen-bond acceptors (Lipinski definition) is 3. The van der Waals surface area contributed by atoms with Crippen LogP contribution < -0.4 is 5.32 Å². The molecule has 0 atom stereocenters. The van der Waals surface area contributed by atoms with Crippen molar-refractivity contribution >= 4 is 5.69 Å². The third-order valence-corrected chi connectivity index (χ3v) is 3.62. The number of hydrogen-bond donors (Lipinski definition) is 1. The number of nitrogens with one attached hydrogen (secondary N) is 1. The lowest BCUT2D eigenvalue weighted by Gasteiger charge is -2.15. The Balaban J connectivity index is 1.77. The summed E-state index contributed by atoms with van der Waals surface area (Å²) in [4.78, 5) is 0. The average molecular weight is 278 g/mol. The molecule has 1 N–H and O–H groups in total. The molecule has 3 rings (SSSR count). The molecule has 106 valence electrons. The van der Waals surface area contributed by atoms with E-state index in [4.69, 9.17) is 0 Å². The zero-order valence-corrected chi connectivity index (χ0v) is 11.3. The van der Waals surface area contributed by atoms with E-state index >= 15 is 0 Å². The summed E-state index contributed by atoms with van der Waals surface area (Å²) < 4.78 is 29.2. The molecule has 1 aliphatic rings. The maximum absolute atomic E-state index is 13.7. The zero-order chi connectivity index (χ0) is 14.1. The molecule has 6 heteroatoms. The minimum Gasteiger partial charge on any atom is -0.375 e. The molecule has 0 amide bonds. The first-order chi connectivity index (χ1) is 9.65. The lowest BCUT2D eigenvalue weighted by Crippen LogP contribution is -2.15. The fourth-order valence-corrected chi connectivity index (χ4v) is 2.46. The monoisotopic (exact) mass is 278 g/mol. The van der Waals surface area contributed by atoms with E-state index in [0.29, 0.717) is 12.1 Å². The molecule has 0 radical (unpaired) electrons. The third-order valence-electron chi connectivity index (χ3n) is 3.62. The van der Waals surface area contributed by atoms with Gasteiger partial charge in [-0.15, -0.1) is 10.2 Å². The van der Waals surface area contributed by atoms with Gasteiger partial charge in [-0.3, -0.25) is 0 Å². The summed E-state index contributed by atoms with van der Waals surface area (Å²) in [5.74, 6) is 0.864. The van der Waals surface area contributed by atoms with Crippen LogP contribution in [0, 0.1) is 18.6 Å². The molecule has 0 saturated carbocycles. The minimum absolute atomic E-state index is 0.154. The molecule has 1 aromatic carbocycles. The van der Waals surface area contributed by atoms with Gasteiger partial charge in [0.15, 0.2) is 5.82 Å². The summed E-state index contributed by atoms with van der Waals surface area (Å²) in [5.41, 5.74) is 0.453. The summed E-state index contributed by atoms with van der Waals surface area (Å²) in [7, 11) is 0. The highest BCUT2D eigenvalue weighted by Gasteiger charge is 2.16. The Morgan fingerprint density at radius 3 is 2.90 bits per heavy atom. The Bertz CT molecular complexity index is 636. The van der Waals surface area contributed by atoms with Crippen molar-refractivity contribution in [2.24, 2.45) is 0 Å². The minimum atomic E-state index is -0.456. The van der Waals surface area contributed by atoms with E-state index in [2.05, 4.69) is 20.1 Å². The van der Waals surface area contributed by atoms with Crippen LogP contribution in [0.2, 0.25) is 0 Å². The normalized spacial score (nSPS) is 14.2. The van der Waals surface area contributed by atoms with Crippen LogP contribution in [-0.2, 0) is 19.5 Å². The number of aromatic nitrogens is 3. The molecule has 1 aliphatic heterocycles. The molecule has 0 aliphatic carbocycles. The Kier molecular flexibility index (Phi) is 3.38.